The molecule has 5 heteroatoms. The Morgan fingerprint density at radius 1 is 1.41 bits per heavy atom. The molecule has 1 aromatic rings. The maximum atomic E-state index is 5.81. The Morgan fingerprint density at radius 3 is 2.53 bits per heavy atom. The van der Waals surface area contributed by atoms with Crippen molar-refractivity contribution in [1.29, 1.82) is 0 Å². The van der Waals surface area contributed by atoms with Crippen LogP contribution in [0.3, 0.4) is 0 Å². The van der Waals surface area contributed by atoms with E-state index in [1.807, 2.05) is 31.2 Å². The molecule has 3 N–H and O–H groups in total. The number of nitrogens with one attached hydrogen (secondary N) is 1. The van der Waals surface area contributed by atoms with Crippen LogP contribution in [0.5, 0.6) is 0 Å². The lowest BCUT2D eigenvalue weighted by molar-refractivity contribution is -0.134. The molecule has 1 atom stereocenters. The van der Waals surface area contributed by atoms with Gasteiger partial charge in [-0.05, 0) is 25.1 Å². The summed E-state index contributed by atoms with van der Waals surface area (Å²) in [5, 5.41) is 3.34. The Balaban J connectivity index is 2.88. The number of anilines is 1. The van der Waals surface area contributed by atoms with Crippen molar-refractivity contribution in [3.8, 4) is 0 Å². The molecule has 0 saturated carbocycles. The van der Waals surface area contributed by atoms with Crippen LogP contribution >= 0.6 is 15.9 Å². The molecule has 0 bridgehead atoms. The second-order valence-corrected chi connectivity index (χ2v) is 4.98. The number of methoxy groups -OCH3 is 2. The quantitative estimate of drug-likeness (QED) is 0.791. The molecule has 0 heterocycles. The molecule has 1 rings (SSSR count). The Bertz CT molecular complexity index is 358. The average molecular weight is 303 g/mol. The molecule has 0 aromatic heterocycles. The van der Waals surface area contributed by atoms with E-state index in [1.54, 1.807) is 14.2 Å². The zero-order valence-corrected chi connectivity index (χ0v) is 12.0. The maximum Gasteiger partial charge on any atom is 0.180 e. The monoisotopic (exact) mass is 302 g/mol. The third kappa shape index (κ3) is 3.67. The van der Waals surface area contributed by atoms with E-state index in [0.29, 0.717) is 6.54 Å². The largest absolute Gasteiger partial charge is 0.374 e. The molecule has 0 saturated heterocycles. The van der Waals surface area contributed by atoms with Gasteiger partial charge in [-0.15, -0.1) is 0 Å². The van der Waals surface area contributed by atoms with Crippen LogP contribution < -0.4 is 11.1 Å². The van der Waals surface area contributed by atoms with Crippen molar-refractivity contribution in [3.63, 3.8) is 0 Å². The number of nitrogens with two attached hydrogens (primary N) is 1. The van der Waals surface area contributed by atoms with Gasteiger partial charge < -0.3 is 20.5 Å². The Kier molecular flexibility index (Phi) is 5.39. The zero-order chi connectivity index (χ0) is 12.9. The van der Waals surface area contributed by atoms with Crippen molar-refractivity contribution in [1.82, 2.24) is 0 Å². The van der Waals surface area contributed by atoms with Gasteiger partial charge >= 0.3 is 0 Å². The van der Waals surface area contributed by atoms with Crippen LogP contribution in [0.25, 0.3) is 0 Å². The van der Waals surface area contributed by atoms with Crippen LogP contribution in [0, 0.1) is 0 Å². The number of hydrogen-bond acceptors (Lipinski definition) is 4. The first-order valence-electron chi connectivity index (χ1n) is 5.35. The number of halogens is 1. The molecule has 0 radical (unpaired) electrons. The summed E-state index contributed by atoms with van der Waals surface area (Å²) in [6.45, 7) is 2.36. The zero-order valence-electron chi connectivity index (χ0n) is 10.4. The summed E-state index contributed by atoms with van der Waals surface area (Å²) in [5.41, 5.74) is 6.29. The first kappa shape index (κ1) is 14.4. The summed E-state index contributed by atoms with van der Waals surface area (Å²) in [6, 6.07) is 7.88. The molecule has 17 heavy (non-hydrogen) atoms. The number of rotatable bonds is 6. The van der Waals surface area contributed by atoms with Crippen molar-refractivity contribution < 1.29 is 9.47 Å². The van der Waals surface area contributed by atoms with E-state index in [2.05, 4.69) is 21.2 Å². The molecule has 1 aromatic carbocycles. The van der Waals surface area contributed by atoms with Gasteiger partial charge in [-0.25, -0.2) is 0 Å². The van der Waals surface area contributed by atoms with Crippen LogP contribution in [-0.4, -0.2) is 32.6 Å². The average Bonchev–Trinajstić information content (AvgIpc) is 2.30. The number of benzene rings is 1. The fourth-order valence-corrected chi connectivity index (χ4v) is 2.12. The highest BCUT2D eigenvalue weighted by molar-refractivity contribution is 9.10. The van der Waals surface area contributed by atoms with Crippen molar-refractivity contribution in [2.75, 3.05) is 26.1 Å². The second kappa shape index (κ2) is 6.35. The van der Waals surface area contributed by atoms with Gasteiger partial charge in [0.05, 0.1) is 5.54 Å². The summed E-state index contributed by atoms with van der Waals surface area (Å²) in [7, 11) is 3.20. The summed E-state index contributed by atoms with van der Waals surface area (Å²) in [6.07, 6.45) is -0.411. The predicted octanol–water partition coefficient (Wildman–Crippen LogP) is 2.20. The first-order valence-corrected chi connectivity index (χ1v) is 6.14. The van der Waals surface area contributed by atoms with E-state index < -0.39 is 11.8 Å². The Morgan fingerprint density at radius 2 is 2.06 bits per heavy atom. The minimum atomic E-state index is -0.482. The molecule has 0 fully saturated rings. The number of hydrogen-bond donors (Lipinski definition) is 2. The highest BCUT2D eigenvalue weighted by Gasteiger charge is 2.33. The molecular weight excluding hydrogens is 284 g/mol. The third-order valence-electron chi connectivity index (χ3n) is 2.63. The molecule has 4 nitrogen and oxygen atoms in total. The molecular formula is C12H19BrN2O2. The van der Waals surface area contributed by atoms with Gasteiger partial charge in [0.25, 0.3) is 0 Å². The van der Waals surface area contributed by atoms with Crippen molar-refractivity contribution in [2.24, 2.45) is 5.73 Å². The molecule has 96 valence electrons. The highest BCUT2D eigenvalue weighted by atomic mass is 79.9. The lowest BCUT2D eigenvalue weighted by Crippen LogP contribution is -2.54. The first-order chi connectivity index (χ1) is 8.05. The summed E-state index contributed by atoms with van der Waals surface area (Å²) < 4.78 is 11.6. The third-order valence-corrected chi connectivity index (χ3v) is 3.12. The van der Waals surface area contributed by atoms with E-state index >= 15 is 0 Å². The molecule has 0 aliphatic heterocycles. The molecule has 0 amide bonds. The summed E-state index contributed by atoms with van der Waals surface area (Å²) in [5.74, 6) is 0. The lowest BCUT2D eigenvalue weighted by atomic mass is 10.0. The standard InChI is InChI=1S/C12H19BrN2O2/c1-12(8-14,11(16-2)17-3)15-10-6-4-5-9(13)7-10/h4-7,11,15H,8,14H2,1-3H3. The van der Waals surface area contributed by atoms with Crippen LogP contribution in [0.4, 0.5) is 5.69 Å². The van der Waals surface area contributed by atoms with Gasteiger partial charge in [0.1, 0.15) is 0 Å². The predicted molar refractivity (Wildman–Crippen MR) is 73.0 cm³/mol. The van der Waals surface area contributed by atoms with E-state index in [9.17, 15) is 0 Å². The van der Waals surface area contributed by atoms with Gasteiger partial charge in [0, 0.05) is 30.9 Å². The molecule has 0 spiro atoms. The van der Waals surface area contributed by atoms with Crippen molar-refractivity contribution in [2.45, 2.75) is 18.8 Å². The van der Waals surface area contributed by atoms with Crippen LogP contribution in [0.2, 0.25) is 0 Å². The van der Waals surface area contributed by atoms with Gasteiger partial charge in [-0.1, -0.05) is 22.0 Å². The van der Waals surface area contributed by atoms with Crippen LogP contribution in [0.1, 0.15) is 6.92 Å². The SMILES string of the molecule is COC(OC)C(C)(CN)Nc1cccc(Br)c1. The molecule has 1 unspecified atom stereocenters. The second-order valence-electron chi connectivity index (χ2n) is 4.06. The maximum absolute atomic E-state index is 5.81. The topological polar surface area (TPSA) is 56.5 Å². The van der Waals surface area contributed by atoms with Crippen molar-refractivity contribution in [3.05, 3.63) is 28.7 Å². The summed E-state index contributed by atoms with van der Waals surface area (Å²) in [4.78, 5) is 0. The van der Waals surface area contributed by atoms with Gasteiger partial charge in [-0.2, -0.15) is 0 Å². The minimum absolute atomic E-state index is 0.395. The minimum Gasteiger partial charge on any atom is -0.374 e. The Labute approximate surface area is 111 Å². The van der Waals surface area contributed by atoms with Gasteiger partial charge in [-0.3, -0.25) is 0 Å². The van der Waals surface area contributed by atoms with Crippen LogP contribution in [-0.2, 0) is 9.47 Å². The highest BCUT2D eigenvalue weighted by Crippen LogP contribution is 2.22. The van der Waals surface area contributed by atoms with E-state index in [4.69, 9.17) is 15.2 Å². The van der Waals surface area contributed by atoms with E-state index in [0.717, 1.165) is 10.2 Å². The van der Waals surface area contributed by atoms with Gasteiger partial charge in [0.2, 0.25) is 0 Å². The van der Waals surface area contributed by atoms with Crippen molar-refractivity contribution >= 4 is 21.6 Å². The lowest BCUT2D eigenvalue weighted by Gasteiger charge is -2.36. The fourth-order valence-electron chi connectivity index (χ4n) is 1.72. The molecule has 0 aliphatic carbocycles. The van der Waals surface area contributed by atoms with Crippen LogP contribution in [0.15, 0.2) is 28.7 Å². The van der Waals surface area contributed by atoms with E-state index in [1.165, 1.54) is 0 Å². The van der Waals surface area contributed by atoms with Gasteiger partial charge in [0.15, 0.2) is 6.29 Å². The Hall–Kier alpha value is -0.620. The normalized spacial score (nSPS) is 14.7. The van der Waals surface area contributed by atoms with E-state index in [-0.39, 0.29) is 0 Å². The molecule has 0 aliphatic rings. The smallest absolute Gasteiger partial charge is 0.180 e. The summed E-state index contributed by atoms with van der Waals surface area (Å²) >= 11 is 3.43. The fraction of sp³-hybridized carbons (Fsp3) is 0.500. The number of ether oxygens (including phenoxy) is 2.